The largest absolute Gasteiger partial charge is 0.508 e. The van der Waals surface area contributed by atoms with E-state index < -0.39 is 23.8 Å². The zero-order valence-corrected chi connectivity index (χ0v) is 13.6. The first-order chi connectivity index (χ1) is 10.2. The van der Waals surface area contributed by atoms with Gasteiger partial charge in [0.15, 0.2) is 0 Å². The summed E-state index contributed by atoms with van der Waals surface area (Å²) in [5.74, 6) is -0.533. The zero-order chi connectivity index (χ0) is 17.0. The minimum Gasteiger partial charge on any atom is -0.464 e. The number of amides is 1. The summed E-state index contributed by atoms with van der Waals surface area (Å²) in [4.78, 5) is 33.6. The van der Waals surface area contributed by atoms with Gasteiger partial charge in [-0.05, 0) is 27.2 Å². The molecule has 0 saturated heterocycles. The molecule has 0 aromatic carbocycles. The minimum absolute atomic E-state index is 0.0123. The molecule has 8 nitrogen and oxygen atoms in total. The van der Waals surface area contributed by atoms with Crippen molar-refractivity contribution in [3.05, 3.63) is 0 Å². The first-order valence-electron chi connectivity index (χ1n) is 7.16. The Balaban J connectivity index is 3.58. The lowest BCUT2D eigenvalue weighted by atomic mass is 10.2. The number of alkyl carbamates (subject to hydrolysis) is 1. The molecule has 22 heavy (non-hydrogen) atoms. The van der Waals surface area contributed by atoms with Crippen LogP contribution in [0.4, 0.5) is 9.59 Å². The second-order valence-electron chi connectivity index (χ2n) is 5.35. The van der Waals surface area contributed by atoms with Crippen molar-refractivity contribution in [3.63, 3.8) is 0 Å². The van der Waals surface area contributed by atoms with Gasteiger partial charge in [0.1, 0.15) is 18.8 Å². The van der Waals surface area contributed by atoms with E-state index >= 15 is 0 Å². The fraction of sp³-hybridized carbons (Fsp3) is 0.786. The summed E-state index contributed by atoms with van der Waals surface area (Å²) in [6.45, 7) is 7.42. The Bertz CT molecular complexity index is 363. The van der Waals surface area contributed by atoms with E-state index in [9.17, 15) is 14.4 Å². The van der Waals surface area contributed by atoms with Crippen molar-refractivity contribution in [2.45, 2.75) is 46.1 Å². The number of carbonyl (C=O) groups excluding carboxylic acids is 3. The monoisotopic (exact) mass is 319 g/mol. The van der Waals surface area contributed by atoms with Gasteiger partial charge in [-0.25, -0.2) is 9.59 Å². The molecule has 0 spiro atoms. The number of nitrogens with one attached hydrogen (secondary N) is 1. The predicted molar refractivity (Wildman–Crippen MR) is 77.4 cm³/mol. The van der Waals surface area contributed by atoms with Gasteiger partial charge in [0, 0.05) is 0 Å². The molecule has 0 saturated carbocycles. The van der Waals surface area contributed by atoms with Crippen LogP contribution in [-0.2, 0) is 23.7 Å². The van der Waals surface area contributed by atoms with E-state index in [0.29, 0.717) is 6.42 Å². The molecule has 0 radical (unpaired) electrons. The van der Waals surface area contributed by atoms with Gasteiger partial charge in [-0.3, -0.25) is 4.79 Å². The molecule has 0 aliphatic heterocycles. The highest BCUT2D eigenvalue weighted by atomic mass is 16.7. The van der Waals surface area contributed by atoms with Gasteiger partial charge in [0.05, 0.1) is 19.6 Å². The lowest BCUT2D eigenvalue weighted by Crippen LogP contribution is -2.34. The van der Waals surface area contributed by atoms with Gasteiger partial charge < -0.3 is 24.3 Å². The van der Waals surface area contributed by atoms with E-state index in [1.807, 2.05) is 6.92 Å². The second kappa shape index (κ2) is 10.7. The number of esters is 1. The molecule has 0 heterocycles. The van der Waals surface area contributed by atoms with Crippen LogP contribution >= 0.6 is 0 Å². The molecule has 8 heteroatoms. The standard InChI is InChI=1S/C14H25NO7/c1-5-8-20-13(18)21-9-6-11(16)19-10-7-15-12(17)22-14(2,3)4/h5-10H2,1-4H3,(H,15,17). The highest BCUT2D eigenvalue weighted by Crippen LogP contribution is 2.06. The third kappa shape index (κ3) is 13.0. The van der Waals surface area contributed by atoms with Crippen molar-refractivity contribution >= 4 is 18.2 Å². The molecule has 0 rings (SSSR count). The first-order valence-corrected chi connectivity index (χ1v) is 7.16. The van der Waals surface area contributed by atoms with Crippen molar-refractivity contribution < 1.29 is 33.3 Å². The van der Waals surface area contributed by atoms with Crippen LogP contribution in [0.3, 0.4) is 0 Å². The maximum atomic E-state index is 11.3. The molecule has 0 aliphatic carbocycles. The fourth-order valence-corrected chi connectivity index (χ4v) is 1.15. The van der Waals surface area contributed by atoms with Gasteiger partial charge >= 0.3 is 18.2 Å². The van der Waals surface area contributed by atoms with Gasteiger partial charge in [-0.2, -0.15) is 0 Å². The smallest absolute Gasteiger partial charge is 0.464 e. The predicted octanol–water partition coefficient (Wildman–Crippen LogP) is 2.01. The van der Waals surface area contributed by atoms with Crippen LogP contribution in [0.2, 0.25) is 0 Å². The third-order valence-corrected chi connectivity index (χ3v) is 1.98. The highest BCUT2D eigenvalue weighted by Gasteiger charge is 2.15. The van der Waals surface area contributed by atoms with Gasteiger partial charge in [0.2, 0.25) is 0 Å². The Morgan fingerprint density at radius 3 is 2.18 bits per heavy atom. The Hall–Kier alpha value is -1.99. The van der Waals surface area contributed by atoms with Crippen molar-refractivity contribution in [1.29, 1.82) is 0 Å². The van der Waals surface area contributed by atoms with Crippen LogP contribution in [0.1, 0.15) is 40.5 Å². The number of carbonyl (C=O) groups is 3. The van der Waals surface area contributed by atoms with Crippen molar-refractivity contribution in [2.24, 2.45) is 0 Å². The average Bonchev–Trinajstić information content (AvgIpc) is 2.39. The maximum absolute atomic E-state index is 11.3. The quantitative estimate of drug-likeness (QED) is 0.415. The van der Waals surface area contributed by atoms with Crippen LogP contribution in [0.5, 0.6) is 0 Å². The molecule has 0 fully saturated rings. The highest BCUT2D eigenvalue weighted by molar-refractivity contribution is 5.70. The molecule has 0 unspecified atom stereocenters. The molecule has 0 aliphatic rings. The lowest BCUT2D eigenvalue weighted by molar-refractivity contribution is -0.144. The number of ether oxygens (including phenoxy) is 4. The average molecular weight is 319 g/mol. The SMILES string of the molecule is CCCOC(=O)OCCC(=O)OCCNC(=O)OC(C)(C)C. The van der Waals surface area contributed by atoms with Crippen LogP contribution in [0.15, 0.2) is 0 Å². The molecule has 0 aromatic rings. The van der Waals surface area contributed by atoms with Gasteiger partial charge in [0.25, 0.3) is 0 Å². The number of hydrogen-bond donors (Lipinski definition) is 1. The number of rotatable bonds is 8. The van der Waals surface area contributed by atoms with E-state index in [0.717, 1.165) is 0 Å². The molecule has 128 valence electrons. The molecule has 0 bridgehead atoms. The zero-order valence-electron chi connectivity index (χ0n) is 13.6. The van der Waals surface area contributed by atoms with E-state index in [-0.39, 0.29) is 32.8 Å². The fourth-order valence-electron chi connectivity index (χ4n) is 1.15. The van der Waals surface area contributed by atoms with Crippen LogP contribution < -0.4 is 5.32 Å². The maximum Gasteiger partial charge on any atom is 0.508 e. The summed E-state index contributed by atoms with van der Waals surface area (Å²) >= 11 is 0. The molecule has 0 atom stereocenters. The first kappa shape index (κ1) is 20.0. The van der Waals surface area contributed by atoms with E-state index in [2.05, 4.69) is 14.8 Å². The molecule has 0 aromatic heterocycles. The molecule has 1 N–H and O–H groups in total. The molecular weight excluding hydrogens is 294 g/mol. The van der Waals surface area contributed by atoms with Gasteiger partial charge in [-0.15, -0.1) is 0 Å². The van der Waals surface area contributed by atoms with Crippen molar-refractivity contribution in [2.75, 3.05) is 26.4 Å². The Morgan fingerprint density at radius 2 is 1.59 bits per heavy atom. The van der Waals surface area contributed by atoms with E-state index in [1.54, 1.807) is 20.8 Å². The third-order valence-electron chi connectivity index (χ3n) is 1.98. The van der Waals surface area contributed by atoms with Crippen molar-refractivity contribution in [1.82, 2.24) is 5.32 Å². The molecular formula is C14H25NO7. The summed E-state index contributed by atoms with van der Waals surface area (Å²) in [5, 5.41) is 2.45. The summed E-state index contributed by atoms with van der Waals surface area (Å²) in [7, 11) is 0. The minimum atomic E-state index is -0.804. The summed E-state index contributed by atoms with van der Waals surface area (Å²) in [6, 6.07) is 0. The molecule has 1 amide bonds. The summed E-state index contributed by atoms with van der Waals surface area (Å²) in [6.07, 6.45) is -0.762. The van der Waals surface area contributed by atoms with Crippen LogP contribution in [-0.4, -0.2) is 50.2 Å². The second-order valence-corrected chi connectivity index (χ2v) is 5.35. The van der Waals surface area contributed by atoms with Crippen molar-refractivity contribution in [3.8, 4) is 0 Å². The van der Waals surface area contributed by atoms with Crippen LogP contribution in [0.25, 0.3) is 0 Å². The Morgan fingerprint density at radius 1 is 0.955 bits per heavy atom. The normalized spacial score (nSPS) is 10.5. The Labute approximate surface area is 130 Å². The lowest BCUT2D eigenvalue weighted by Gasteiger charge is -2.19. The van der Waals surface area contributed by atoms with Gasteiger partial charge in [-0.1, -0.05) is 6.92 Å². The topological polar surface area (TPSA) is 100 Å². The summed E-state index contributed by atoms with van der Waals surface area (Å²) < 4.78 is 19.2. The number of hydrogen-bond acceptors (Lipinski definition) is 7. The van der Waals surface area contributed by atoms with E-state index in [4.69, 9.17) is 9.47 Å². The Kier molecular flexibility index (Phi) is 9.73. The van der Waals surface area contributed by atoms with E-state index in [1.165, 1.54) is 0 Å². The summed E-state index contributed by atoms with van der Waals surface area (Å²) in [5.41, 5.74) is -0.579. The van der Waals surface area contributed by atoms with Crippen LogP contribution in [0, 0.1) is 0 Å².